The van der Waals surface area contributed by atoms with Gasteiger partial charge in [0.05, 0.1) is 10.9 Å². The molecule has 1 atom stereocenters. The summed E-state index contributed by atoms with van der Waals surface area (Å²) in [5.74, 6) is -0.239. The largest absolute Gasteiger partial charge is 0.350 e. The predicted molar refractivity (Wildman–Crippen MR) is 100 cm³/mol. The average Bonchev–Trinajstić information content (AvgIpc) is 3.14. The molecule has 1 unspecified atom stereocenters. The Labute approximate surface area is 153 Å². The Kier molecular flexibility index (Phi) is 5.31. The highest BCUT2D eigenvalue weighted by Crippen LogP contribution is 2.21. The van der Waals surface area contributed by atoms with Crippen LogP contribution >= 0.6 is 22.9 Å². The highest BCUT2D eigenvalue weighted by Gasteiger charge is 2.13. The Balaban J connectivity index is 1.73. The maximum Gasteiger partial charge on any atom is 0.267 e. The molecule has 0 saturated carbocycles. The summed E-state index contributed by atoms with van der Waals surface area (Å²) in [6.45, 7) is 2.12. The van der Waals surface area contributed by atoms with E-state index < -0.39 is 0 Å². The number of benzene rings is 1. The fourth-order valence-corrected chi connectivity index (χ4v) is 3.24. The summed E-state index contributed by atoms with van der Waals surface area (Å²) in [6.07, 6.45) is 0. The number of thiophene rings is 1. The lowest BCUT2D eigenvalue weighted by Gasteiger charge is -2.15. The zero-order valence-electron chi connectivity index (χ0n) is 13.5. The first-order chi connectivity index (χ1) is 12.0. The summed E-state index contributed by atoms with van der Waals surface area (Å²) in [5.41, 5.74) is 1.01. The van der Waals surface area contributed by atoms with Crippen molar-refractivity contribution in [3.05, 3.63) is 74.9 Å². The van der Waals surface area contributed by atoms with Gasteiger partial charge in [-0.25, -0.2) is 4.68 Å². The number of nitrogens with one attached hydrogen (secondary N) is 1. The topological polar surface area (TPSA) is 64.0 Å². The van der Waals surface area contributed by atoms with Gasteiger partial charge in [-0.1, -0.05) is 23.7 Å². The fraction of sp³-hybridized carbons (Fsp3) is 0.167. The number of nitrogens with zero attached hydrogens (tertiary/aromatic N) is 2. The molecule has 25 heavy (non-hydrogen) atoms. The quantitative estimate of drug-likeness (QED) is 0.743. The number of hydrogen-bond donors (Lipinski definition) is 1. The molecule has 1 N–H and O–H groups in total. The van der Waals surface area contributed by atoms with Crippen molar-refractivity contribution in [1.29, 1.82) is 0 Å². The third kappa shape index (κ3) is 4.15. The number of amides is 1. The summed E-state index contributed by atoms with van der Waals surface area (Å²) < 4.78 is 1.40. The maximum atomic E-state index is 12.2. The van der Waals surface area contributed by atoms with E-state index in [1.807, 2.05) is 24.4 Å². The number of carbonyl (C=O) groups is 1. The molecule has 0 bridgehead atoms. The van der Waals surface area contributed by atoms with E-state index in [0.29, 0.717) is 10.6 Å². The highest BCUT2D eigenvalue weighted by molar-refractivity contribution is 7.13. The second kappa shape index (κ2) is 7.63. The molecule has 0 aliphatic rings. The van der Waals surface area contributed by atoms with Crippen molar-refractivity contribution in [3.8, 4) is 10.6 Å². The number of carbonyl (C=O) groups excluding carboxylic acids is 1. The number of hydrogen-bond acceptors (Lipinski definition) is 4. The molecule has 0 aliphatic carbocycles. The van der Waals surface area contributed by atoms with E-state index in [4.69, 9.17) is 11.6 Å². The maximum absolute atomic E-state index is 12.2. The van der Waals surface area contributed by atoms with Gasteiger partial charge in [0, 0.05) is 23.2 Å². The number of aromatic nitrogens is 2. The molecule has 128 valence electrons. The van der Waals surface area contributed by atoms with Gasteiger partial charge in [-0.2, -0.15) is 5.10 Å². The van der Waals surface area contributed by atoms with Crippen LogP contribution in [0.3, 0.4) is 0 Å². The molecule has 0 fully saturated rings. The van der Waals surface area contributed by atoms with Crippen LogP contribution in [0.25, 0.3) is 10.6 Å². The number of halogens is 1. The third-order valence-corrected chi connectivity index (χ3v) is 4.79. The fourth-order valence-electron chi connectivity index (χ4n) is 2.36. The SMILES string of the molecule is CC(CNC(=O)c1cccc(Cl)c1)n1nc(-c2cccs2)ccc1=O. The Morgan fingerprint density at radius 1 is 1.28 bits per heavy atom. The Hall–Kier alpha value is -2.44. The lowest BCUT2D eigenvalue weighted by atomic mass is 10.2. The van der Waals surface area contributed by atoms with E-state index in [2.05, 4.69) is 10.4 Å². The molecule has 0 spiro atoms. The van der Waals surface area contributed by atoms with Crippen LogP contribution in [0.4, 0.5) is 0 Å². The molecule has 7 heteroatoms. The van der Waals surface area contributed by atoms with Crippen LogP contribution in [0.15, 0.2) is 58.7 Å². The molecule has 0 radical (unpaired) electrons. The Morgan fingerprint density at radius 3 is 2.84 bits per heavy atom. The van der Waals surface area contributed by atoms with Crippen LogP contribution in [0.1, 0.15) is 23.3 Å². The van der Waals surface area contributed by atoms with Crippen molar-refractivity contribution in [1.82, 2.24) is 15.1 Å². The number of rotatable bonds is 5. The van der Waals surface area contributed by atoms with Crippen molar-refractivity contribution in [3.63, 3.8) is 0 Å². The van der Waals surface area contributed by atoms with Crippen molar-refractivity contribution < 1.29 is 4.79 Å². The summed E-state index contributed by atoms with van der Waals surface area (Å²) in [7, 11) is 0. The Morgan fingerprint density at radius 2 is 2.12 bits per heavy atom. The smallest absolute Gasteiger partial charge is 0.267 e. The van der Waals surface area contributed by atoms with Crippen molar-refractivity contribution in [2.45, 2.75) is 13.0 Å². The summed E-state index contributed by atoms with van der Waals surface area (Å²) >= 11 is 7.46. The van der Waals surface area contributed by atoms with Crippen LogP contribution in [-0.4, -0.2) is 22.2 Å². The van der Waals surface area contributed by atoms with Crippen molar-refractivity contribution in [2.24, 2.45) is 0 Å². The summed E-state index contributed by atoms with van der Waals surface area (Å²) in [5, 5.41) is 9.69. The molecule has 3 rings (SSSR count). The molecule has 1 amide bonds. The van der Waals surface area contributed by atoms with E-state index >= 15 is 0 Å². The highest BCUT2D eigenvalue weighted by atomic mass is 35.5. The van der Waals surface area contributed by atoms with Crippen molar-refractivity contribution in [2.75, 3.05) is 6.54 Å². The van der Waals surface area contributed by atoms with Gasteiger partial charge in [-0.3, -0.25) is 9.59 Å². The van der Waals surface area contributed by atoms with E-state index in [9.17, 15) is 9.59 Å². The monoisotopic (exact) mass is 373 g/mol. The second-order valence-corrected chi connectivity index (χ2v) is 6.93. The van der Waals surface area contributed by atoms with Gasteiger partial charge in [0.25, 0.3) is 11.5 Å². The predicted octanol–water partition coefficient (Wildman–Crippen LogP) is 3.62. The normalized spacial score (nSPS) is 11.9. The lowest BCUT2D eigenvalue weighted by Crippen LogP contribution is -2.34. The minimum atomic E-state index is -0.282. The van der Waals surface area contributed by atoms with E-state index in [0.717, 1.165) is 10.6 Å². The Bertz CT molecular complexity index is 937. The minimum Gasteiger partial charge on any atom is -0.350 e. The van der Waals surface area contributed by atoms with Crippen LogP contribution in [0, 0.1) is 0 Å². The van der Waals surface area contributed by atoms with Gasteiger partial charge in [0.15, 0.2) is 0 Å². The molecule has 1 aromatic carbocycles. The summed E-state index contributed by atoms with van der Waals surface area (Å²) in [4.78, 5) is 25.3. The molecule has 0 saturated heterocycles. The molecule has 0 aliphatic heterocycles. The van der Waals surface area contributed by atoms with Crippen LogP contribution in [0.5, 0.6) is 0 Å². The zero-order valence-corrected chi connectivity index (χ0v) is 15.1. The minimum absolute atomic E-state index is 0.204. The second-order valence-electron chi connectivity index (χ2n) is 5.55. The zero-order chi connectivity index (χ0) is 17.8. The first-order valence-corrected chi connectivity index (χ1v) is 8.98. The third-order valence-electron chi connectivity index (χ3n) is 3.66. The summed E-state index contributed by atoms with van der Waals surface area (Å²) in [6, 6.07) is 13.5. The lowest BCUT2D eigenvalue weighted by molar-refractivity contribution is 0.0947. The van der Waals surface area contributed by atoms with Gasteiger partial charge >= 0.3 is 0 Å². The van der Waals surface area contributed by atoms with Gasteiger partial charge in [-0.05, 0) is 42.6 Å². The molecule has 2 aromatic heterocycles. The first-order valence-electron chi connectivity index (χ1n) is 7.72. The first kappa shape index (κ1) is 17.4. The molecule has 3 aromatic rings. The average molecular weight is 374 g/mol. The van der Waals surface area contributed by atoms with E-state index in [-0.39, 0.29) is 24.1 Å². The molecule has 2 heterocycles. The molecular weight excluding hydrogens is 358 g/mol. The van der Waals surface area contributed by atoms with Crippen LogP contribution in [0.2, 0.25) is 5.02 Å². The van der Waals surface area contributed by atoms with E-state index in [1.54, 1.807) is 41.7 Å². The molecular formula is C18H16ClN3O2S. The van der Waals surface area contributed by atoms with Gasteiger partial charge in [-0.15, -0.1) is 11.3 Å². The van der Waals surface area contributed by atoms with Gasteiger partial charge in [0.2, 0.25) is 0 Å². The van der Waals surface area contributed by atoms with Gasteiger partial charge < -0.3 is 5.32 Å². The van der Waals surface area contributed by atoms with E-state index in [1.165, 1.54) is 10.7 Å². The van der Waals surface area contributed by atoms with Gasteiger partial charge in [0.1, 0.15) is 5.69 Å². The van der Waals surface area contributed by atoms with Crippen molar-refractivity contribution >= 4 is 28.8 Å². The van der Waals surface area contributed by atoms with Crippen LogP contribution in [-0.2, 0) is 0 Å². The molecule has 5 nitrogen and oxygen atoms in total. The standard InChI is InChI=1S/C18H16ClN3O2S/c1-12(11-20-18(24)13-4-2-5-14(19)10-13)22-17(23)8-7-15(21-22)16-6-3-9-25-16/h2-10,12H,11H2,1H3,(H,20,24). The van der Waals surface area contributed by atoms with Crippen LogP contribution < -0.4 is 10.9 Å².